The van der Waals surface area contributed by atoms with Gasteiger partial charge in [0, 0.05) is 11.5 Å². The number of carbonyl (C=O) groups is 1. The van der Waals surface area contributed by atoms with Gasteiger partial charge in [0.05, 0.1) is 18.0 Å². The molecule has 2 aromatic rings. The van der Waals surface area contributed by atoms with Gasteiger partial charge in [-0.2, -0.15) is 5.10 Å². The standard InChI is InChI=1S/C27H30F2N2O4/c1-25-11-14-13-30-31(20-6-4-16(28)10-19(20)29)21(14)9-15(25)3-5-17-18-7-8-27(35,24(33)34)26(18,2)12-22(32)23(17)25/h4,6,9-10,13,17-18,22-23,32,35H,3,5,7-8,11-12H2,1-2H3,(H,33,34)/t17-,18-,22-,23+,25-,26-,27-/m0/s1. The summed E-state index contributed by atoms with van der Waals surface area (Å²) in [4.78, 5) is 12.0. The number of halogens is 2. The smallest absolute Gasteiger partial charge is 0.336 e. The second-order valence-corrected chi connectivity index (χ2v) is 11.6. The Balaban J connectivity index is 1.39. The van der Waals surface area contributed by atoms with E-state index in [0.29, 0.717) is 12.8 Å². The Morgan fingerprint density at radius 1 is 1.23 bits per heavy atom. The number of aromatic nitrogens is 2. The number of rotatable bonds is 2. The zero-order valence-electron chi connectivity index (χ0n) is 19.8. The van der Waals surface area contributed by atoms with E-state index >= 15 is 0 Å². The van der Waals surface area contributed by atoms with Gasteiger partial charge in [-0.25, -0.2) is 18.3 Å². The third-order valence-electron chi connectivity index (χ3n) is 10.1. The van der Waals surface area contributed by atoms with Crippen LogP contribution in [0.15, 0.2) is 30.0 Å². The average molecular weight is 485 g/mol. The summed E-state index contributed by atoms with van der Waals surface area (Å²) in [6, 6.07) is 3.45. The molecule has 8 heteroatoms. The molecule has 1 heterocycles. The molecule has 186 valence electrons. The molecule has 0 spiro atoms. The van der Waals surface area contributed by atoms with Crippen molar-refractivity contribution in [2.75, 3.05) is 0 Å². The van der Waals surface area contributed by atoms with Gasteiger partial charge in [-0.1, -0.05) is 19.4 Å². The first kappa shape index (κ1) is 22.9. The number of hydrogen-bond donors (Lipinski definition) is 3. The van der Waals surface area contributed by atoms with Gasteiger partial charge >= 0.3 is 5.97 Å². The van der Waals surface area contributed by atoms with Crippen molar-refractivity contribution >= 4 is 12.0 Å². The first-order valence-electron chi connectivity index (χ1n) is 12.4. The number of hydrogen-bond acceptors (Lipinski definition) is 4. The number of aliphatic carboxylic acids is 1. The van der Waals surface area contributed by atoms with Crippen LogP contribution in [0, 0.1) is 40.2 Å². The van der Waals surface area contributed by atoms with Gasteiger partial charge in [0.1, 0.15) is 11.5 Å². The summed E-state index contributed by atoms with van der Waals surface area (Å²) in [5.74, 6) is -2.47. The first-order chi connectivity index (χ1) is 16.5. The molecule has 1 aromatic carbocycles. The lowest BCUT2D eigenvalue weighted by Crippen LogP contribution is -2.61. The molecule has 35 heavy (non-hydrogen) atoms. The molecule has 3 fully saturated rings. The van der Waals surface area contributed by atoms with Crippen LogP contribution in [0.5, 0.6) is 0 Å². The summed E-state index contributed by atoms with van der Waals surface area (Å²) >= 11 is 0. The van der Waals surface area contributed by atoms with Crippen molar-refractivity contribution in [1.29, 1.82) is 0 Å². The fourth-order valence-electron chi connectivity index (χ4n) is 8.39. The molecule has 0 unspecified atom stereocenters. The molecule has 6 rings (SSSR count). The average Bonchev–Trinajstić information content (AvgIpc) is 3.29. The van der Waals surface area contributed by atoms with Crippen LogP contribution in [-0.2, 0) is 11.2 Å². The molecule has 3 saturated carbocycles. The number of fused-ring (bicyclic) bond motifs is 6. The number of carboxylic acid groups (broad SMARTS) is 1. The topological polar surface area (TPSA) is 95.6 Å². The maximum Gasteiger partial charge on any atom is 0.336 e. The third-order valence-corrected chi connectivity index (χ3v) is 10.1. The van der Waals surface area contributed by atoms with E-state index in [4.69, 9.17) is 0 Å². The lowest BCUT2D eigenvalue weighted by atomic mass is 9.45. The lowest BCUT2D eigenvalue weighted by molar-refractivity contribution is -0.193. The SMILES string of the molecule is C[C@]12Cc3cnn(-c4ccc(F)cc4F)c3C=C1CC[C@@H]1[C@@H]2[C@@H](O)C[C@@]2(C)[C@H]1CC[C@]2(O)C(=O)O. The van der Waals surface area contributed by atoms with E-state index in [0.717, 1.165) is 30.2 Å². The number of aliphatic hydroxyl groups excluding tert-OH is 1. The highest BCUT2D eigenvalue weighted by atomic mass is 19.1. The Kier molecular flexibility index (Phi) is 4.72. The van der Waals surface area contributed by atoms with Gasteiger partial charge in [-0.15, -0.1) is 0 Å². The van der Waals surface area contributed by atoms with E-state index in [-0.39, 0.29) is 41.7 Å². The summed E-state index contributed by atoms with van der Waals surface area (Å²) in [5.41, 5.74) is 0.0318. The van der Waals surface area contributed by atoms with Crippen LogP contribution in [0.4, 0.5) is 8.78 Å². The molecule has 6 nitrogen and oxygen atoms in total. The van der Waals surface area contributed by atoms with Crippen LogP contribution >= 0.6 is 0 Å². The molecule has 0 bridgehead atoms. The molecule has 1 aromatic heterocycles. The molecule has 4 aliphatic rings. The van der Waals surface area contributed by atoms with Crippen molar-refractivity contribution in [3.8, 4) is 5.69 Å². The third kappa shape index (κ3) is 2.87. The predicted molar refractivity (Wildman–Crippen MR) is 124 cm³/mol. The zero-order valence-corrected chi connectivity index (χ0v) is 19.8. The van der Waals surface area contributed by atoms with E-state index in [2.05, 4.69) is 12.0 Å². The summed E-state index contributed by atoms with van der Waals surface area (Å²) in [6.45, 7) is 4.00. The molecular weight excluding hydrogens is 454 g/mol. The van der Waals surface area contributed by atoms with E-state index in [9.17, 15) is 28.9 Å². The molecule has 0 amide bonds. The van der Waals surface area contributed by atoms with Crippen molar-refractivity contribution in [3.05, 3.63) is 52.9 Å². The molecule has 3 N–H and O–H groups in total. The molecule has 4 aliphatic carbocycles. The van der Waals surface area contributed by atoms with Gasteiger partial charge in [-0.3, -0.25) is 0 Å². The molecule has 0 radical (unpaired) electrons. The Morgan fingerprint density at radius 2 is 2.00 bits per heavy atom. The van der Waals surface area contributed by atoms with Gasteiger partial charge in [0.2, 0.25) is 0 Å². The van der Waals surface area contributed by atoms with Crippen LogP contribution in [-0.4, -0.2) is 42.8 Å². The summed E-state index contributed by atoms with van der Waals surface area (Å²) < 4.78 is 29.5. The number of allylic oxidation sites excluding steroid dienone is 1. The van der Waals surface area contributed by atoms with Crippen molar-refractivity contribution < 1.29 is 28.9 Å². The Hall–Kier alpha value is -2.58. The fraction of sp³-hybridized carbons (Fsp3) is 0.556. The highest BCUT2D eigenvalue weighted by molar-refractivity contribution is 5.79. The lowest BCUT2D eigenvalue weighted by Gasteiger charge is -2.60. The van der Waals surface area contributed by atoms with Gasteiger partial charge in [0.15, 0.2) is 11.4 Å². The predicted octanol–water partition coefficient (Wildman–Crippen LogP) is 4.12. The van der Waals surface area contributed by atoms with Crippen LogP contribution in [0.2, 0.25) is 0 Å². The largest absolute Gasteiger partial charge is 0.479 e. The van der Waals surface area contributed by atoms with Crippen molar-refractivity contribution in [1.82, 2.24) is 9.78 Å². The highest BCUT2D eigenvalue weighted by Crippen LogP contribution is 2.67. The number of nitrogens with zero attached hydrogens (tertiary/aromatic N) is 2. The van der Waals surface area contributed by atoms with Gasteiger partial charge in [-0.05, 0) is 85.5 Å². The van der Waals surface area contributed by atoms with Crippen LogP contribution in [0.3, 0.4) is 0 Å². The number of benzene rings is 1. The minimum atomic E-state index is -1.82. The molecule has 0 aliphatic heterocycles. The van der Waals surface area contributed by atoms with Crippen LogP contribution < -0.4 is 0 Å². The Bertz CT molecular complexity index is 1270. The van der Waals surface area contributed by atoms with E-state index in [1.54, 1.807) is 6.20 Å². The van der Waals surface area contributed by atoms with E-state index < -0.39 is 34.7 Å². The van der Waals surface area contributed by atoms with E-state index in [1.165, 1.54) is 22.4 Å². The summed E-state index contributed by atoms with van der Waals surface area (Å²) in [7, 11) is 0. The van der Waals surface area contributed by atoms with Crippen molar-refractivity contribution in [2.24, 2.45) is 28.6 Å². The number of carboxylic acids is 1. The van der Waals surface area contributed by atoms with Crippen LogP contribution in [0.1, 0.15) is 57.2 Å². The Labute approximate surface area is 202 Å². The quantitative estimate of drug-likeness (QED) is 0.596. The molecule has 7 atom stereocenters. The molecule has 0 saturated heterocycles. The zero-order chi connectivity index (χ0) is 24.9. The maximum atomic E-state index is 14.5. The van der Waals surface area contributed by atoms with Crippen molar-refractivity contribution in [2.45, 2.75) is 64.1 Å². The second kappa shape index (κ2) is 7.23. The van der Waals surface area contributed by atoms with Crippen molar-refractivity contribution in [3.63, 3.8) is 0 Å². The number of aliphatic hydroxyl groups is 2. The summed E-state index contributed by atoms with van der Waals surface area (Å²) in [5, 5.41) is 36.9. The normalized spacial score (nSPS) is 39.8. The minimum absolute atomic E-state index is 0.0211. The summed E-state index contributed by atoms with van der Waals surface area (Å²) in [6.07, 6.45) is 6.32. The molecular formula is C27H30F2N2O4. The second-order valence-electron chi connectivity index (χ2n) is 11.6. The van der Waals surface area contributed by atoms with E-state index in [1.807, 2.05) is 13.0 Å². The Morgan fingerprint density at radius 3 is 2.71 bits per heavy atom. The maximum absolute atomic E-state index is 14.5. The highest BCUT2D eigenvalue weighted by Gasteiger charge is 2.68. The minimum Gasteiger partial charge on any atom is -0.479 e. The monoisotopic (exact) mass is 484 g/mol. The van der Waals surface area contributed by atoms with Gasteiger partial charge < -0.3 is 15.3 Å². The van der Waals surface area contributed by atoms with Gasteiger partial charge in [0.25, 0.3) is 0 Å². The fourth-order valence-corrected chi connectivity index (χ4v) is 8.39. The van der Waals surface area contributed by atoms with Crippen LogP contribution in [0.25, 0.3) is 11.8 Å². The first-order valence-corrected chi connectivity index (χ1v) is 12.4.